The van der Waals surface area contributed by atoms with Gasteiger partial charge in [-0.05, 0) is 25.0 Å². The number of nitrogens with two attached hydrogens (primary N) is 1. The standard InChI is InChI=1S/C13H20N2O3/c1-4-13(14,5-2)12(17)15-10-7-6-9(18-3)8-11(10)16/h6-8,16H,4-5,14H2,1-3H3,(H,15,17). The second-order valence-corrected chi connectivity index (χ2v) is 4.20. The Hall–Kier alpha value is -1.75. The predicted octanol–water partition coefficient (Wildman–Crippen LogP) is 1.86. The van der Waals surface area contributed by atoms with E-state index < -0.39 is 5.54 Å². The fourth-order valence-corrected chi connectivity index (χ4v) is 1.56. The molecule has 1 aromatic rings. The van der Waals surface area contributed by atoms with Crippen LogP contribution in [0.1, 0.15) is 26.7 Å². The lowest BCUT2D eigenvalue weighted by molar-refractivity contribution is -0.121. The third-order valence-corrected chi connectivity index (χ3v) is 3.17. The van der Waals surface area contributed by atoms with Gasteiger partial charge < -0.3 is 20.9 Å². The molecular weight excluding hydrogens is 232 g/mol. The van der Waals surface area contributed by atoms with Gasteiger partial charge in [-0.25, -0.2) is 0 Å². The number of carbonyl (C=O) groups is 1. The molecule has 0 spiro atoms. The molecule has 0 saturated heterocycles. The van der Waals surface area contributed by atoms with Crippen LogP contribution in [-0.4, -0.2) is 23.7 Å². The molecule has 18 heavy (non-hydrogen) atoms. The van der Waals surface area contributed by atoms with Crippen LogP contribution < -0.4 is 15.8 Å². The van der Waals surface area contributed by atoms with E-state index in [9.17, 15) is 9.90 Å². The van der Waals surface area contributed by atoms with Gasteiger partial charge in [-0.1, -0.05) is 13.8 Å². The zero-order chi connectivity index (χ0) is 13.8. The maximum absolute atomic E-state index is 12.0. The Morgan fingerprint density at radius 2 is 2.06 bits per heavy atom. The van der Waals surface area contributed by atoms with Gasteiger partial charge in [0.25, 0.3) is 0 Å². The summed E-state index contributed by atoms with van der Waals surface area (Å²) in [5.41, 5.74) is 5.40. The van der Waals surface area contributed by atoms with E-state index in [0.29, 0.717) is 24.3 Å². The average molecular weight is 252 g/mol. The SMILES string of the molecule is CCC(N)(CC)C(=O)Nc1ccc(OC)cc1O. The van der Waals surface area contributed by atoms with E-state index in [-0.39, 0.29) is 11.7 Å². The molecule has 4 N–H and O–H groups in total. The number of rotatable bonds is 5. The topological polar surface area (TPSA) is 84.6 Å². The van der Waals surface area contributed by atoms with Gasteiger partial charge in [0, 0.05) is 6.07 Å². The van der Waals surface area contributed by atoms with Gasteiger partial charge in [0.15, 0.2) is 0 Å². The van der Waals surface area contributed by atoms with Gasteiger partial charge in [0.05, 0.1) is 18.3 Å². The first-order valence-corrected chi connectivity index (χ1v) is 5.94. The minimum Gasteiger partial charge on any atom is -0.506 e. The van der Waals surface area contributed by atoms with Crippen molar-refractivity contribution < 1.29 is 14.6 Å². The third kappa shape index (κ3) is 2.92. The van der Waals surface area contributed by atoms with Crippen molar-refractivity contribution >= 4 is 11.6 Å². The molecule has 0 atom stereocenters. The lowest BCUT2D eigenvalue weighted by Gasteiger charge is -2.25. The number of aromatic hydroxyl groups is 1. The molecule has 1 aromatic carbocycles. The average Bonchev–Trinajstić information content (AvgIpc) is 2.39. The van der Waals surface area contributed by atoms with Crippen LogP contribution in [0.4, 0.5) is 5.69 Å². The minimum absolute atomic E-state index is 0.0442. The van der Waals surface area contributed by atoms with Crippen molar-refractivity contribution in [2.45, 2.75) is 32.2 Å². The quantitative estimate of drug-likeness (QED) is 0.698. The lowest BCUT2D eigenvalue weighted by atomic mass is 9.93. The number of amides is 1. The van der Waals surface area contributed by atoms with Gasteiger partial charge >= 0.3 is 0 Å². The van der Waals surface area contributed by atoms with Gasteiger partial charge in [-0.15, -0.1) is 0 Å². The fraction of sp³-hybridized carbons (Fsp3) is 0.462. The summed E-state index contributed by atoms with van der Waals surface area (Å²) >= 11 is 0. The molecule has 1 rings (SSSR count). The minimum atomic E-state index is -0.910. The highest BCUT2D eigenvalue weighted by atomic mass is 16.5. The number of methoxy groups -OCH3 is 1. The van der Waals surface area contributed by atoms with Crippen LogP contribution in [0.15, 0.2) is 18.2 Å². The van der Waals surface area contributed by atoms with Crippen LogP contribution in [0.3, 0.4) is 0 Å². The molecule has 1 amide bonds. The van der Waals surface area contributed by atoms with Gasteiger partial charge in [0.1, 0.15) is 11.5 Å². The Kier molecular flexibility index (Phi) is 4.55. The first-order chi connectivity index (χ1) is 8.46. The van der Waals surface area contributed by atoms with Crippen LogP contribution in [0.25, 0.3) is 0 Å². The van der Waals surface area contributed by atoms with Crippen molar-refractivity contribution in [2.24, 2.45) is 5.73 Å². The monoisotopic (exact) mass is 252 g/mol. The Labute approximate surface area is 107 Å². The maximum Gasteiger partial charge on any atom is 0.244 e. The molecule has 0 aliphatic heterocycles. The maximum atomic E-state index is 12.0. The van der Waals surface area contributed by atoms with E-state index in [1.807, 2.05) is 13.8 Å². The van der Waals surface area contributed by atoms with Crippen molar-refractivity contribution in [3.8, 4) is 11.5 Å². The summed E-state index contributed by atoms with van der Waals surface area (Å²) in [6, 6.07) is 4.68. The van der Waals surface area contributed by atoms with Crippen LogP contribution in [-0.2, 0) is 4.79 Å². The summed E-state index contributed by atoms with van der Waals surface area (Å²) in [5, 5.41) is 12.4. The summed E-state index contributed by atoms with van der Waals surface area (Å²) < 4.78 is 4.97. The largest absolute Gasteiger partial charge is 0.506 e. The first kappa shape index (κ1) is 14.3. The smallest absolute Gasteiger partial charge is 0.244 e. The summed E-state index contributed by atoms with van der Waals surface area (Å²) in [7, 11) is 1.51. The molecule has 0 radical (unpaired) electrons. The summed E-state index contributed by atoms with van der Waals surface area (Å²) in [4.78, 5) is 12.0. The van der Waals surface area contributed by atoms with Gasteiger partial charge in [-0.3, -0.25) is 4.79 Å². The van der Waals surface area contributed by atoms with E-state index in [0.717, 1.165) is 0 Å². The molecule has 0 aromatic heterocycles. The van der Waals surface area contributed by atoms with E-state index in [1.54, 1.807) is 12.1 Å². The summed E-state index contributed by atoms with van der Waals surface area (Å²) in [6.45, 7) is 3.72. The summed E-state index contributed by atoms with van der Waals surface area (Å²) in [5.74, 6) is 0.181. The van der Waals surface area contributed by atoms with Crippen LogP contribution in [0.5, 0.6) is 11.5 Å². The highest BCUT2D eigenvalue weighted by Gasteiger charge is 2.30. The van der Waals surface area contributed by atoms with Crippen LogP contribution >= 0.6 is 0 Å². The number of nitrogens with one attached hydrogen (secondary N) is 1. The molecule has 100 valence electrons. The van der Waals surface area contributed by atoms with Crippen molar-refractivity contribution in [2.75, 3.05) is 12.4 Å². The Morgan fingerprint density at radius 1 is 1.44 bits per heavy atom. The zero-order valence-corrected chi connectivity index (χ0v) is 11.0. The Bertz CT molecular complexity index is 428. The van der Waals surface area contributed by atoms with Crippen molar-refractivity contribution in [1.29, 1.82) is 0 Å². The van der Waals surface area contributed by atoms with E-state index in [2.05, 4.69) is 5.32 Å². The molecule has 0 aliphatic carbocycles. The normalized spacial score (nSPS) is 11.1. The lowest BCUT2D eigenvalue weighted by Crippen LogP contribution is -2.50. The molecule has 5 heteroatoms. The van der Waals surface area contributed by atoms with E-state index in [1.165, 1.54) is 13.2 Å². The Morgan fingerprint density at radius 3 is 2.50 bits per heavy atom. The molecular formula is C13H20N2O3. The molecule has 0 bridgehead atoms. The number of hydrogen-bond donors (Lipinski definition) is 3. The van der Waals surface area contributed by atoms with Crippen molar-refractivity contribution in [3.63, 3.8) is 0 Å². The fourth-order valence-electron chi connectivity index (χ4n) is 1.56. The molecule has 0 saturated carbocycles. The molecule has 0 aliphatic rings. The second-order valence-electron chi connectivity index (χ2n) is 4.20. The number of phenolic OH excluding ortho intramolecular Hbond substituents is 1. The van der Waals surface area contributed by atoms with Gasteiger partial charge in [-0.2, -0.15) is 0 Å². The molecule has 0 unspecified atom stereocenters. The molecule has 0 heterocycles. The number of ether oxygens (including phenoxy) is 1. The van der Waals surface area contributed by atoms with E-state index in [4.69, 9.17) is 10.5 Å². The second kappa shape index (κ2) is 5.73. The molecule has 5 nitrogen and oxygen atoms in total. The number of phenols is 1. The van der Waals surface area contributed by atoms with Gasteiger partial charge in [0.2, 0.25) is 5.91 Å². The zero-order valence-electron chi connectivity index (χ0n) is 11.0. The van der Waals surface area contributed by atoms with Crippen molar-refractivity contribution in [3.05, 3.63) is 18.2 Å². The highest BCUT2D eigenvalue weighted by Crippen LogP contribution is 2.28. The van der Waals surface area contributed by atoms with Crippen LogP contribution in [0, 0.1) is 0 Å². The highest BCUT2D eigenvalue weighted by molar-refractivity contribution is 5.98. The summed E-state index contributed by atoms with van der Waals surface area (Å²) in [6.07, 6.45) is 1.07. The van der Waals surface area contributed by atoms with E-state index >= 15 is 0 Å². The number of carbonyl (C=O) groups excluding carboxylic acids is 1. The number of benzene rings is 1. The predicted molar refractivity (Wildman–Crippen MR) is 70.8 cm³/mol. The molecule has 0 fully saturated rings. The number of hydrogen-bond acceptors (Lipinski definition) is 4. The Balaban J connectivity index is 2.88. The van der Waals surface area contributed by atoms with Crippen LogP contribution in [0.2, 0.25) is 0 Å². The first-order valence-electron chi connectivity index (χ1n) is 5.94. The number of anilines is 1. The van der Waals surface area contributed by atoms with Crippen molar-refractivity contribution in [1.82, 2.24) is 0 Å². The third-order valence-electron chi connectivity index (χ3n) is 3.17.